The van der Waals surface area contributed by atoms with Crippen LogP contribution in [-0.2, 0) is 24.3 Å². The Labute approximate surface area is 168 Å². The lowest BCUT2D eigenvalue weighted by Crippen LogP contribution is -2.46. The molecule has 1 aliphatic heterocycles. The van der Waals surface area contributed by atoms with Crippen molar-refractivity contribution < 1.29 is 9.53 Å². The molecule has 0 radical (unpaired) electrons. The lowest BCUT2D eigenvalue weighted by atomic mass is 9.98. The van der Waals surface area contributed by atoms with Gasteiger partial charge in [0.15, 0.2) is 0 Å². The molecule has 1 aliphatic rings. The Kier molecular flexibility index (Phi) is 7.46. The predicted octanol–water partition coefficient (Wildman–Crippen LogP) is 4.18. The first kappa shape index (κ1) is 20.4. The highest BCUT2D eigenvalue weighted by Crippen LogP contribution is 2.21. The van der Waals surface area contributed by atoms with Crippen LogP contribution in [0.3, 0.4) is 0 Å². The van der Waals surface area contributed by atoms with E-state index in [1.54, 1.807) is 0 Å². The SMILES string of the molecule is CCOCc1ccccc1NC(=O)NCC(CC)N1CCc2ccccc2C1. The van der Waals surface area contributed by atoms with Crippen molar-refractivity contribution >= 4 is 11.7 Å². The van der Waals surface area contributed by atoms with Gasteiger partial charge < -0.3 is 15.4 Å². The molecule has 0 aromatic heterocycles. The van der Waals surface area contributed by atoms with Crippen LogP contribution in [0.5, 0.6) is 0 Å². The van der Waals surface area contributed by atoms with Crippen molar-refractivity contribution in [1.82, 2.24) is 10.2 Å². The van der Waals surface area contributed by atoms with Gasteiger partial charge in [-0.25, -0.2) is 4.79 Å². The molecule has 1 heterocycles. The minimum atomic E-state index is -0.167. The minimum Gasteiger partial charge on any atom is -0.377 e. The first-order valence-corrected chi connectivity index (χ1v) is 10.2. The van der Waals surface area contributed by atoms with Crippen molar-refractivity contribution in [2.24, 2.45) is 0 Å². The molecule has 5 nitrogen and oxygen atoms in total. The van der Waals surface area contributed by atoms with Gasteiger partial charge >= 0.3 is 6.03 Å². The number of amides is 2. The highest BCUT2D eigenvalue weighted by atomic mass is 16.5. The van der Waals surface area contributed by atoms with Crippen LogP contribution in [0.2, 0.25) is 0 Å². The molecule has 1 atom stereocenters. The Hall–Kier alpha value is -2.37. The second-order valence-corrected chi connectivity index (χ2v) is 7.18. The Morgan fingerprint density at radius 1 is 1.11 bits per heavy atom. The van der Waals surface area contributed by atoms with Crippen molar-refractivity contribution in [3.8, 4) is 0 Å². The smallest absolute Gasteiger partial charge is 0.319 e. The highest BCUT2D eigenvalue weighted by Gasteiger charge is 2.22. The van der Waals surface area contributed by atoms with Crippen LogP contribution < -0.4 is 10.6 Å². The Bertz CT molecular complexity index is 778. The van der Waals surface area contributed by atoms with E-state index in [0.29, 0.717) is 25.8 Å². The number of carbonyl (C=O) groups excluding carboxylic acids is 1. The lowest BCUT2D eigenvalue weighted by molar-refractivity contribution is 0.134. The number of ether oxygens (including phenoxy) is 1. The third-order valence-corrected chi connectivity index (χ3v) is 5.37. The fourth-order valence-corrected chi connectivity index (χ4v) is 3.72. The standard InChI is InChI=1S/C23H31N3O2/c1-3-21(26-14-13-18-9-5-6-10-19(18)16-26)15-24-23(27)25-22-12-8-7-11-20(22)17-28-4-2/h5-12,21H,3-4,13-17H2,1-2H3,(H2,24,25,27). The molecule has 5 heteroatoms. The van der Waals surface area contributed by atoms with Crippen LogP contribution in [0, 0.1) is 0 Å². The van der Waals surface area contributed by atoms with Crippen LogP contribution in [0.25, 0.3) is 0 Å². The van der Waals surface area contributed by atoms with Crippen LogP contribution >= 0.6 is 0 Å². The van der Waals surface area contributed by atoms with E-state index in [0.717, 1.165) is 37.2 Å². The first-order valence-electron chi connectivity index (χ1n) is 10.2. The van der Waals surface area contributed by atoms with Crippen molar-refractivity contribution in [2.45, 2.75) is 45.9 Å². The van der Waals surface area contributed by atoms with Gasteiger partial charge in [0.05, 0.1) is 6.61 Å². The Balaban J connectivity index is 1.54. The summed E-state index contributed by atoms with van der Waals surface area (Å²) in [6, 6.07) is 16.6. The van der Waals surface area contributed by atoms with Gasteiger partial charge in [0, 0.05) is 43.5 Å². The van der Waals surface area contributed by atoms with E-state index in [1.165, 1.54) is 11.1 Å². The molecule has 0 saturated heterocycles. The number of anilines is 1. The number of nitrogens with one attached hydrogen (secondary N) is 2. The van der Waals surface area contributed by atoms with Crippen molar-refractivity contribution in [1.29, 1.82) is 0 Å². The molecule has 0 bridgehead atoms. The van der Waals surface area contributed by atoms with E-state index in [1.807, 2.05) is 31.2 Å². The maximum atomic E-state index is 12.5. The number of urea groups is 1. The van der Waals surface area contributed by atoms with Crippen molar-refractivity contribution in [3.63, 3.8) is 0 Å². The molecule has 0 aliphatic carbocycles. The molecule has 1 unspecified atom stereocenters. The average molecular weight is 382 g/mol. The van der Waals surface area contributed by atoms with E-state index in [4.69, 9.17) is 4.74 Å². The zero-order valence-electron chi connectivity index (χ0n) is 16.9. The summed E-state index contributed by atoms with van der Waals surface area (Å²) >= 11 is 0. The van der Waals surface area contributed by atoms with Crippen LogP contribution in [0.15, 0.2) is 48.5 Å². The number of benzene rings is 2. The summed E-state index contributed by atoms with van der Waals surface area (Å²) < 4.78 is 5.49. The second-order valence-electron chi connectivity index (χ2n) is 7.18. The third-order valence-electron chi connectivity index (χ3n) is 5.37. The molecule has 3 rings (SSSR count). The Morgan fingerprint density at radius 2 is 1.86 bits per heavy atom. The zero-order valence-corrected chi connectivity index (χ0v) is 16.9. The average Bonchev–Trinajstić information content (AvgIpc) is 2.73. The number of para-hydroxylation sites is 1. The highest BCUT2D eigenvalue weighted by molar-refractivity contribution is 5.90. The van der Waals surface area contributed by atoms with Crippen LogP contribution in [-0.4, -0.2) is 36.7 Å². The minimum absolute atomic E-state index is 0.167. The van der Waals surface area contributed by atoms with Gasteiger partial charge in [0.2, 0.25) is 0 Å². The third kappa shape index (κ3) is 5.33. The summed E-state index contributed by atoms with van der Waals surface area (Å²) in [6.07, 6.45) is 2.08. The van der Waals surface area contributed by atoms with Crippen LogP contribution in [0.4, 0.5) is 10.5 Å². The molecule has 28 heavy (non-hydrogen) atoms. The van der Waals surface area contributed by atoms with Gasteiger partial charge in [0.1, 0.15) is 0 Å². The molecule has 0 spiro atoms. The monoisotopic (exact) mass is 381 g/mol. The van der Waals surface area contributed by atoms with Gasteiger partial charge in [-0.3, -0.25) is 4.90 Å². The molecule has 2 aromatic rings. The summed E-state index contributed by atoms with van der Waals surface area (Å²) in [5.74, 6) is 0. The lowest BCUT2D eigenvalue weighted by Gasteiger charge is -2.35. The molecule has 0 saturated carbocycles. The quantitative estimate of drug-likeness (QED) is 0.721. The van der Waals surface area contributed by atoms with Crippen molar-refractivity contribution in [2.75, 3.05) is 25.0 Å². The fourth-order valence-electron chi connectivity index (χ4n) is 3.72. The normalized spacial score (nSPS) is 14.9. The molecule has 2 N–H and O–H groups in total. The summed E-state index contributed by atoms with van der Waals surface area (Å²) in [4.78, 5) is 14.9. The number of hydrogen-bond acceptors (Lipinski definition) is 3. The number of carbonyl (C=O) groups is 1. The molecule has 150 valence electrons. The van der Waals surface area contributed by atoms with Gasteiger partial charge in [0.25, 0.3) is 0 Å². The molecule has 2 aromatic carbocycles. The summed E-state index contributed by atoms with van der Waals surface area (Å²) in [5, 5.41) is 6.02. The van der Waals surface area contributed by atoms with E-state index >= 15 is 0 Å². The van der Waals surface area contributed by atoms with Gasteiger partial charge in [-0.05, 0) is 37.0 Å². The molecular formula is C23H31N3O2. The topological polar surface area (TPSA) is 53.6 Å². The maximum absolute atomic E-state index is 12.5. The fraction of sp³-hybridized carbons (Fsp3) is 0.435. The molecule has 2 amide bonds. The van der Waals surface area contributed by atoms with Gasteiger partial charge in [-0.15, -0.1) is 0 Å². The summed E-state index contributed by atoms with van der Waals surface area (Å²) in [7, 11) is 0. The van der Waals surface area contributed by atoms with Gasteiger partial charge in [-0.2, -0.15) is 0 Å². The molecular weight excluding hydrogens is 350 g/mol. The zero-order chi connectivity index (χ0) is 19.8. The van der Waals surface area contributed by atoms with E-state index in [9.17, 15) is 4.79 Å². The van der Waals surface area contributed by atoms with Crippen LogP contribution in [0.1, 0.15) is 37.0 Å². The van der Waals surface area contributed by atoms with E-state index < -0.39 is 0 Å². The predicted molar refractivity (Wildman–Crippen MR) is 113 cm³/mol. The van der Waals surface area contributed by atoms with Gasteiger partial charge in [-0.1, -0.05) is 49.4 Å². The van der Waals surface area contributed by atoms with E-state index in [-0.39, 0.29) is 6.03 Å². The number of hydrogen-bond donors (Lipinski definition) is 2. The largest absolute Gasteiger partial charge is 0.377 e. The number of nitrogens with zero attached hydrogens (tertiary/aromatic N) is 1. The first-order chi connectivity index (χ1) is 13.7. The molecule has 0 fully saturated rings. The number of fused-ring (bicyclic) bond motifs is 1. The second kappa shape index (κ2) is 10.2. The maximum Gasteiger partial charge on any atom is 0.319 e. The summed E-state index contributed by atoms with van der Waals surface area (Å²) in [5.41, 5.74) is 4.64. The van der Waals surface area contributed by atoms with Crippen molar-refractivity contribution in [3.05, 3.63) is 65.2 Å². The number of rotatable bonds is 8. The Morgan fingerprint density at radius 3 is 2.64 bits per heavy atom. The van der Waals surface area contributed by atoms with E-state index in [2.05, 4.69) is 46.7 Å². The summed E-state index contributed by atoms with van der Waals surface area (Å²) in [6.45, 7) is 7.92.